The molecule has 1 N–H and O–H groups in total. The van der Waals surface area contributed by atoms with Crippen LogP contribution in [0, 0.1) is 13.8 Å². The number of hydrogen-bond acceptors (Lipinski definition) is 4. The zero-order chi connectivity index (χ0) is 12.5. The summed E-state index contributed by atoms with van der Waals surface area (Å²) in [6, 6.07) is 1.79. The number of halogens is 1. The highest BCUT2D eigenvalue weighted by molar-refractivity contribution is 7.89. The molecule has 0 aliphatic carbocycles. The van der Waals surface area contributed by atoms with Gasteiger partial charge >= 0.3 is 0 Å². The molecule has 0 aromatic carbocycles. The van der Waals surface area contributed by atoms with Crippen molar-refractivity contribution in [3.63, 3.8) is 0 Å². The first-order valence-corrected chi connectivity index (χ1v) is 8.05. The molecule has 0 unspecified atom stereocenters. The Morgan fingerprint density at radius 1 is 1.28 bits per heavy atom. The van der Waals surface area contributed by atoms with E-state index in [-0.39, 0.29) is 12.4 Å². The predicted octanol–water partition coefficient (Wildman–Crippen LogP) is 1.77. The SMILES string of the molecule is Cc1cc(S(=O)(=O)N2CCCNCC2)c(C)s1.Cl. The van der Waals surface area contributed by atoms with Gasteiger partial charge < -0.3 is 5.32 Å². The summed E-state index contributed by atoms with van der Waals surface area (Å²) < 4.78 is 26.6. The highest BCUT2D eigenvalue weighted by atomic mass is 35.5. The highest BCUT2D eigenvalue weighted by Gasteiger charge is 2.27. The molecule has 2 heterocycles. The normalized spacial score (nSPS) is 18.1. The quantitative estimate of drug-likeness (QED) is 0.906. The number of thiophene rings is 1. The second kappa shape index (κ2) is 6.34. The second-order valence-electron chi connectivity index (χ2n) is 4.29. The van der Waals surface area contributed by atoms with Crippen molar-refractivity contribution in [3.05, 3.63) is 15.8 Å². The molecule has 1 saturated heterocycles. The summed E-state index contributed by atoms with van der Waals surface area (Å²) in [7, 11) is -3.29. The summed E-state index contributed by atoms with van der Waals surface area (Å²) >= 11 is 1.54. The van der Waals surface area contributed by atoms with Crippen molar-refractivity contribution < 1.29 is 8.42 Å². The standard InChI is InChI=1S/C11H18N2O2S2.ClH/c1-9-8-11(10(2)16-9)17(14,15)13-6-3-4-12-5-7-13;/h8,12H,3-7H2,1-2H3;1H. The van der Waals surface area contributed by atoms with Crippen LogP contribution >= 0.6 is 23.7 Å². The van der Waals surface area contributed by atoms with Crippen molar-refractivity contribution >= 4 is 33.8 Å². The van der Waals surface area contributed by atoms with E-state index in [0.717, 1.165) is 29.3 Å². The Kier molecular flexibility index (Phi) is 5.61. The van der Waals surface area contributed by atoms with Crippen molar-refractivity contribution in [2.45, 2.75) is 25.2 Å². The molecule has 7 heteroatoms. The van der Waals surface area contributed by atoms with Crippen LogP contribution in [0.3, 0.4) is 0 Å². The van der Waals surface area contributed by atoms with Crippen LogP contribution in [0.5, 0.6) is 0 Å². The molecule has 0 spiro atoms. The molecule has 104 valence electrons. The molecule has 4 nitrogen and oxygen atoms in total. The van der Waals surface area contributed by atoms with Crippen LogP contribution in [0.2, 0.25) is 0 Å². The number of rotatable bonds is 2. The third kappa shape index (κ3) is 3.24. The van der Waals surface area contributed by atoms with Crippen molar-refractivity contribution in [1.29, 1.82) is 0 Å². The van der Waals surface area contributed by atoms with Gasteiger partial charge in [-0.05, 0) is 32.9 Å². The predicted molar refractivity (Wildman–Crippen MR) is 77.3 cm³/mol. The van der Waals surface area contributed by atoms with E-state index in [1.54, 1.807) is 21.7 Å². The van der Waals surface area contributed by atoms with Crippen molar-refractivity contribution in [2.24, 2.45) is 0 Å². The van der Waals surface area contributed by atoms with Gasteiger partial charge in [-0.1, -0.05) is 0 Å². The lowest BCUT2D eigenvalue weighted by molar-refractivity contribution is 0.432. The first-order chi connectivity index (χ1) is 8.01. The molecular weight excluding hydrogens is 292 g/mol. The van der Waals surface area contributed by atoms with Gasteiger partial charge in [-0.15, -0.1) is 23.7 Å². The van der Waals surface area contributed by atoms with Crippen LogP contribution in [0.1, 0.15) is 16.2 Å². The van der Waals surface area contributed by atoms with Crippen molar-refractivity contribution in [3.8, 4) is 0 Å². The Balaban J connectivity index is 0.00000162. The lowest BCUT2D eigenvalue weighted by Crippen LogP contribution is -2.34. The van der Waals surface area contributed by atoms with Gasteiger partial charge in [0.25, 0.3) is 0 Å². The molecule has 1 aromatic heterocycles. The summed E-state index contributed by atoms with van der Waals surface area (Å²) in [5.41, 5.74) is 0. The summed E-state index contributed by atoms with van der Waals surface area (Å²) in [5.74, 6) is 0. The largest absolute Gasteiger partial charge is 0.315 e. The smallest absolute Gasteiger partial charge is 0.244 e. The lowest BCUT2D eigenvalue weighted by Gasteiger charge is -2.19. The van der Waals surface area contributed by atoms with E-state index in [4.69, 9.17) is 0 Å². The topological polar surface area (TPSA) is 49.4 Å². The van der Waals surface area contributed by atoms with E-state index in [1.807, 2.05) is 13.8 Å². The van der Waals surface area contributed by atoms with Crippen LogP contribution < -0.4 is 5.32 Å². The average Bonchev–Trinajstić information content (AvgIpc) is 2.52. The number of sulfonamides is 1. The first kappa shape index (κ1) is 15.9. The number of hydrogen-bond donors (Lipinski definition) is 1. The van der Waals surface area contributed by atoms with Crippen LogP contribution in [-0.4, -0.2) is 38.9 Å². The fraction of sp³-hybridized carbons (Fsp3) is 0.636. The van der Waals surface area contributed by atoms with E-state index in [2.05, 4.69) is 5.32 Å². The van der Waals surface area contributed by atoms with Gasteiger partial charge in [0.2, 0.25) is 10.0 Å². The third-order valence-electron chi connectivity index (χ3n) is 2.91. The number of nitrogens with one attached hydrogen (secondary N) is 1. The Morgan fingerprint density at radius 2 is 2.00 bits per heavy atom. The second-order valence-corrected chi connectivity index (χ2v) is 7.65. The van der Waals surface area contributed by atoms with Gasteiger partial charge in [0.15, 0.2) is 0 Å². The molecule has 0 amide bonds. The zero-order valence-electron chi connectivity index (χ0n) is 10.6. The van der Waals surface area contributed by atoms with Gasteiger partial charge in [0.1, 0.15) is 0 Å². The van der Waals surface area contributed by atoms with Crippen LogP contribution in [0.25, 0.3) is 0 Å². The van der Waals surface area contributed by atoms with Crippen LogP contribution in [-0.2, 0) is 10.0 Å². The maximum absolute atomic E-state index is 12.5. The molecule has 0 saturated carbocycles. The third-order valence-corrected chi connectivity index (χ3v) is 6.03. The van der Waals surface area contributed by atoms with E-state index >= 15 is 0 Å². The van der Waals surface area contributed by atoms with Gasteiger partial charge in [0, 0.05) is 29.4 Å². The average molecular weight is 311 g/mol. The first-order valence-electron chi connectivity index (χ1n) is 5.80. The monoisotopic (exact) mass is 310 g/mol. The van der Waals surface area contributed by atoms with E-state index < -0.39 is 10.0 Å². The number of aryl methyl sites for hydroxylation is 2. The minimum Gasteiger partial charge on any atom is -0.315 e. The fourth-order valence-corrected chi connectivity index (χ4v) is 5.07. The molecule has 18 heavy (non-hydrogen) atoms. The maximum Gasteiger partial charge on any atom is 0.244 e. The Morgan fingerprint density at radius 3 is 2.61 bits per heavy atom. The fourth-order valence-electron chi connectivity index (χ4n) is 2.06. The molecule has 1 fully saturated rings. The van der Waals surface area contributed by atoms with Crippen LogP contribution in [0.4, 0.5) is 0 Å². The van der Waals surface area contributed by atoms with Gasteiger partial charge in [-0.3, -0.25) is 0 Å². The number of nitrogens with zero attached hydrogens (tertiary/aromatic N) is 1. The Bertz CT molecular complexity index is 491. The minimum absolute atomic E-state index is 0. The summed E-state index contributed by atoms with van der Waals surface area (Å²) in [6.07, 6.45) is 0.876. The van der Waals surface area contributed by atoms with E-state index in [9.17, 15) is 8.42 Å². The molecular formula is C11H19ClN2O2S2. The molecule has 0 atom stereocenters. The summed E-state index contributed by atoms with van der Waals surface area (Å²) in [6.45, 7) is 6.64. The molecule has 1 aliphatic rings. The van der Waals surface area contributed by atoms with Gasteiger partial charge in [0.05, 0.1) is 4.90 Å². The maximum atomic E-state index is 12.5. The molecule has 0 bridgehead atoms. The Labute approximate surface area is 119 Å². The van der Waals surface area contributed by atoms with E-state index in [1.165, 1.54) is 0 Å². The van der Waals surface area contributed by atoms with Crippen molar-refractivity contribution in [1.82, 2.24) is 9.62 Å². The van der Waals surface area contributed by atoms with Crippen molar-refractivity contribution in [2.75, 3.05) is 26.2 Å². The minimum atomic E-state index is -3.29. The van der Waals surface area contributed by atoms with E-state index in [0.29, 0.717) is 18.0 Å². The Hall–Kier alpha value is -0.140. The summed E-state index contributed by atoms with van der Waals surface area (Å²) in [5, 5.41) is 3.22. The molecule has 0 radical (unpaired) electrons. The molecule has 2 rings (SSSR count). The van der Waals surface area contributed by atoms with Gasteiger partial charge in [-0.25, -0.2) is 8.42 Å². The van der Waals surface area contributed by atoms with Gasteiger partial charge in [-0.2, -0.15) is 4.31 Å². The zero-order valence-corrected chi connectivity index (χ0v) is 13.1. The molecule has 1 aromatic rings. The lowest BCUT2D eigenvalue weighted by atomic mass is 10.4. The summed E-state index contributed by atoms with van der Waals surface area (Å²) in [4.78, 5) is 2.43. The van der Waals surface area contributed by atoms with Crippen LogP contribution in [0.15, 0.2) is 11.0 Å². The highest BCUT2D eigenvalue weighted by Crippen LogP contribution is 2.27. The molecule has 1 aliphatic heterocycles.